The minimum Gasteiger partial charge on any atom is -0.366 e. The van der Waals surface area contributed by atoms with E-state index in [0.717, 1.165) is 18.2 Å². The van der Waals surface area contributed by atoms with Gasteiger partial charge in [-0.3, -0.25) is 9.59 Å². The summed E-state index contributed by atoms with van der Waals surface area (Å²) in [6.07, 6.45) is -5.14. The van der Waals surface area contributed by atoms with Gasteiger partial charge < -0.3 is 11.1 Å². The fourth-order valence-electron chi connectivity index (χ4n) is 0.968. The molecular weight excluding hydrogens is 244 g/mol. The molecule has 0 heterocycles. The molecule has 0 radical (unpaired) electrons. The summed E-state index contributed by atoms with van der Waals surface area (Å²) in [7, 11) is 0. The molecule has 0 spiro atoms. The maximum absolute atomic E-state index is 13.0. The zero-order valence-electron chi connectivity index (χ0n) is 8.14. The Morgan fingerprint density at radius 3 is 2.29 bits per heavy atom. The maximum Gasteiger partial charge on any atom is 0.471 e. The van der Waals surface area contributed by atoms with Gasteiger partial charge in [0.2, 0.25) is 5.91 Å². The van der Waals surface area contributed by atoms with E-state index in [1.54, 1.807) is 0 Å². The van der Waals surface area contributed by atoms with Gasteiger partial charge >= 0.3 is 12.1 Å². The van der Waals surface area contributed by atoms with Gasteiger partial charge in [-0.25, -0.2) is 4.39 Å². The molecule has 0 aliphatic carbocycles. The van der Waals surface area contributed by atoms with Gasteiger partial charge in [0.1, 0.15) is 5.82 Å². The van der Waals surface area contributed by atoms with Crippen LogP contribution in [0.15, 0.2) is 18.2 Å². The van der Waals surface area contributed by atoms with E-state index in [9.17, 15) is 27.2 Å². The average molecular weight is 250 g/mol. The Hall–Kier alpha value is -2.12. The summed E-state index contributed by atoms with van der Waals surface area (Å²) in [5.74, 6) is -4.39. The molecule has 0 saturated carbocycles. The first-order valence-corrected chi connectivity index (χ1v) is 4.19. The smallest absolute Gasteiger partial charge is 0.366 e. The number of halogens is 4. The van der Waals surface area contributed by atoms with Crippen LogP contribution in [0.3, 0.4) is 0 Å². The first-order valence-electron chi connectivity index (χ1n) is 4.19. The highest BCUT2D eigenvalue weighted by atomic mass is 19.4. The van der Waals surface area contributed by atoms with Crippen molar-refractivity contribution in [2.45, 2.75) is 6.18 Å². The van der Waals surface area contributed by atoms with E-state index >= 15 is 0 Å². The summed E-state index contributed by atoms with van der Waals surface area (Å²) in [6, 6.07) is 2.44. The molecule has 3 N–H and O–H groups in total. The van der Waals surface area contributed by atoms with Gasteiger partial charge in [0, 0.05) is 5.56 Å². The summed E-state index contributed by atoms with van der Waals surface area (Å²) in [6.45, 7) is 0. The molecule has 0 fully saturated rings. The minimum absolute atomic E-state index is 0.219. The molecule has 1 rings (SSSR count). The lowest BCUT2D eigenvalue weighted by Gasteiger charge is -2.09. The van der Waals surface area contributed by atoms with Crippen LogP contribution in [0.25, 0.3) is 0 Å². The zero-order valence-corrected chi connectivity index (χ0v) is 8.14. The van der Waals surface area contributed by atoms with Gasteiger partial charge in [-0.05, 0) is 18.2 Å². The van der Waals surface area contributed by atoms with Gasteiger partial charge in [0.15, 0.2) is 0 Å². The molecule has 92 valence electrons. The molecule has 0 bridgehead atoms. The Kier molecular flexibility index (Phi) is 3.35. The summed E-state index contributed by atoms with van der Waals surface area (Å²) < 4.78 is 48.7. The van der Waals surface area contributed by atoms with Crippen LogP contribution in [0.2, 0.25) is 0 Å². The van der Waals surface area contributed by atoms with Crippen molar-refractivity contribution in [2.75, 3.05) is 5.32 Å². The summed E-state index contributed by atoms with van der Waals surface area (Å²) >= 11 is 0. The number of carbonyl (C=O) groups is 2. The van der Waals surface area contributed by atoms with E-state index in [4.69, 9.17) is 5.73 Å². The SMILES string of the molecule is NC(=O)c1ccc(F)c(NC(=O)C(F)(F)F)c1. The molecule has 0 aliphatic heterocycles. The van der Waals surface area contributed by atoms with Crippen LogP contribution in [0.5, 0.6) is 0 Å². The van der Waals surface area contributed by atoms with E-state index in [-0.39, 0.29) is 5.56 Å². The van der Waals surface area contributed by atoms with Crippen molar-refractivity contribution < 1.29 is 27.2 Å². The van der Waals surface area contributed by atoms with Gasteiger partial charge in [-0.2, -0.15) is 13.2 Å². The van der Waals surface area contributed by atoms with Gasteiger partial charge in [-0.15, -0.1) is 0 Å². The second-order valence-corrected chi connectivity index (χ2v) is 3.01. The van der Waals surface area contributed by atoms with E-state index < -0.39 is 29.5 Å². The molecule has 4 nitrogen and oxygen atoms in total. The number of benzene rings is 1. The molecule has 0 aliphatic rings. The van der Waals surface area contributed by atoms with E-state index in [1.165, 1.54) is 5.32 Å². The molecule has 8 heteroatoms. The molecule has 0 unspecified atom stereocenters. The lowest BCUT2D eigenvalue weighted by Crippen LogP contribution is -2.30. The van der Waals surface area contributed by atoms with Crippen LogP contribution in [0.1, 0.15) is 10.4 Å². The van der Waals surface area contributed by atoms with E-state index in [2.05, 4.69) is 0 Å². The molecule has 2 amide bonds. The first kappa shape index (κ1) is 12.9. The molecule has 1 aromatic carbocycles. The highest BCUT2D eigenvalue weighted by Crippen LogP contribution is 2.21. The molecule has 1 aromatic rings. The molecule has 0 aromatic heterocycles. The highest BCUT2D eigenvalue weighted by molar-refractivity contribution is 5.98. The highest BCUT2D eigenvalue weighted by Gasteiger charge is 2.39. The van der Waals surface area contributed by atoms with Crippen LogP contribution in [0.4, 0.5) is 23.2 Å². The van der Waals surface area contributed by atoms with Crippen molar-refractivity contribution in [3.05, 3.63) is 29.6 Å². The van der Waals surface area contributed by atoms with Gasteiger partial charge in [-0.1, -0.05) is 0 Å². The molecular formula is C9H6F4N2O2. The van der Waals surface area contributed by atoms with Crippen molar-refractivity contribution in [3.63, 3.8) is 0 Å². The number of nitrogens with one attached hydrogen (secondary N) is 1. The van der Waals surface area contributed by atoms with Crippen LogP contribution in [-0.2, 0) is 4.79 Å². The number of rotatable bonds is 2. The van der Waals surface area contributed by atoms with Crippen molar-refractivity contribution >= 4 is 17.5 Å². The van der Waals surface area contributed by atoms with Crippen molar-refractivity contribution in [1.29, 1.82) is 0 Å². The molecule has 0 atom stereocenters. The Labute approximate surface area is 92.4 Å². The summed E-state index contributed by atoms with van der Waals surface area (Å²) in [4.78, 5) is 21.3. The van der Waals surface area contributed by atoms with Crippen molar-refractivity contribution in [1.82, 2.24) is 0 Å². The number of anilines is 1. The molecule has 17 heavy (non-hydrogen) atoms. The Morgan fingerprint density at radius 2 is 1.82 bits per heavy atom. The normalized spacial score (nSPS) is 11.1. The third-order valence-electron chi connectivity index (χ3n) is 1.76. The zero-order chi connectivity index (χ0) is 13.2. The Morgan fingerprint density at radius 1 is 1.24 bits per heavy atom. The number of hydrogen-bond donors (Lipinski definition) is 2. The monoisotopic (exact) mass is 250 g/mol. The Balaban J connectivity index is 3.02. The second kappa shape index (κ2) is 4.40. The van der Waals surface area contributed by atoms with Crippen LogP contribution in [0, 0.1) is 5.82 Å². The van der Waals surface area contributed by atoms with Crippen molar-refractivity contribution in [2.24, 2.45) is 5.73 Å². The number of nitrogens with two attached hydrogens (primary N) is 1. The largest absolute Gasteiger partial charge is 0.471 e. The number of hydrogen-bond acceptors (Lipinski definition) is 2. The number of carbonyl (C=O) groups excluding carboxylic acids is 2. The third kappa shape index (κ3) is 3.16. The van der Waals surface area contributed by atoms with Crippen molar-refractivity contribution in [3.8, 4) is 0 Å². The number of alkyl halides is 3. The second-order valence-electron chi connectivity index (χ2n) is 3.01. The predicted octanol–water partition coefficient (Wildman–Crippen LogP) is 1.43. The maximum atomic E-state index is 13.0. The van der Waals surface area contributed by atoms with Crippen LogP contribution < -0.4 is 11.1 Å². The number of amides is 2. The molecule has 0 saturated heterocycles. The standard InChI is InChI=1S/C9H6F4N2O2/c10-5-2-1-4(7(14)16)3-6(5)15-8(17)9(11,12)13/h1-3H,(H2,14,16)(H,15,17). The van der Waals surface area contributed by atoms with Gasteiger partial charge in [0.05, 0.1) is 5.69 Å². The Bertz CT molecular complexity index is 471. The van der Waals surface area contributed by atoms with Crippen LogP contribution in [-0.4, -0.2) is 18.0 Å². The van der Waals surface area contributed by atoms with Crippen LogP contribution >= 0.6 is 0 Å². The van der Waals surface area contributed by atoms with E-state index in [0.29, 0.717) is 0 Å². The fourth-order valence-corrected chi connectivity index (χ4v) is 0.968. The third-order valence-corrected chi connectivity index (χ3v) is 1.76. The average Bonchev–Trinajstić information content (AvgIpc) is 2.19. The summed E-state index contributed by atoms with van der Waals surface area (Å²) in [5.41, 5.74) is 3.87. The van der Waals surface area contributed by atoms with Gasteiger partial charge in [0.25, 0.3) is 0 Å². The quantitative estimate of drug-likeness (QED) is 0.779. The fraction of sp³-hybridized carbons (Fsp3) is 0.111. The predicted molar refractivity (Wildman–Crippen MR) is 49.6 cm³/mol. The lowest BCUT2D eigenvalue weighted by molar-refractivity contribution is -0.167. The minimum atomic E-state index is -5.14. The summed E-state index contributed by atoms with van der Waals surface area (Å²) in [5, 5.41) is 1.30. The van der Waals surface area contributed by atoms with E-state index in [1.807, 2.05) is 0 Å². The first-order chi connectivity index (χ1) is 7.71. The number of primary amides is 1. The lowest BCUT2D eigenvalue weighted by atomic mass is 10.2. The topological polar surface area (TPSA) is 72.2 Å².